The number of hydrogen-bond acceptors (Lipinski definition) is 0. The van der Waals surface area contributed by atoms with E-state index in [1.165, 1.54) is 55.2 Å². The zero-order valence-electron chi connectivity index (χ0n) is 22.5. The summed E-state index contributed by atoms with van der Waals surface area (Å²) in [6.45, 7) is -2.83. The maximum Gasteiger partial charge on any atom is 0.126 e. The van der Waals surface area contributed by atoms with E-state index in [-0.39, 0.29) is 0 Å². The summed E-state index contributed by atoms with van der Waals surface area (Å²) in [4.78, 5) is 0. The first-order chi connectivity index (χ1) is 20.5. The number of halogens is 2. The average molecular weight is 561 g/mol. The van der Waals surface area contributed by atoms with Crippen LogP contribution >= 0.6 is 6.89 Å². The Labute approximate surface area is 241 Å². The standard InChI is InChI=1S/C39H23F2P/c1-42(31-21-29(40)20-30(41)22-31,34-18-14-27-10-8-23-4-2-6-25-12-16-32(34)38(27)36(23)25)35-19-15-28-11-9-24-5-3-7-26-13-17-33(35)39(28)37(24)26/h2-22H,1H2. The van der Waals surface area contributed by atoms with E-state index in [0.717, 1.165) is 38.2 Å². The Morgan fingerprint density at radius 2 is 0.762 bits per heavy atom. The lowest BCUT2D eigenvalue weighted by Crippen LogP contribution is -2.27. The van der Waals surface area contributed by atoms with Gasteiger partial charge < -0.3 is 0 Å². The molecule has 0 heterocycles. The fraction of sp³-hybridized carbons (Fsp3) is 0. The minimum absolute atomic E-state index is 0.588. The third-order valence-corrected chi connectivity index (χ3v) is 12.7. The Bertz CT molecular complexity index is 2370. The molecule has 0 N–H and O–H groups in total. The highest BCUT2D eigenvalue weighted by molar-refractivity contribution is 7.94. The Kier molecular flexibility index (Phi) is 4.76. The highest BCUT2D eigenvalue weighted by Crippen LogP contribution is 2.49. The molecule has 0 nitrogen and oxygen atoms in total. The first-order valence-corrected chi connectivity index (χ1v) is 16.0. The lowest BCUT2D eigenvalue weighted by molar-refractivity contribution is 0.585. The molecule has 9 aromatic carbocycles. The van der Waals surface area contributed by atoms with Crippen LogP contribution in [0.4, 0.5) is 8.78 Å². The van der Waals surface area contributed by atoms with Crippen LogP contribution in [0.25, 0.3) is 64.6 Å². The first kappa shape index (κ1) is 23.9. The van der Waals surface area contributed by atoms with Crippen molar-refractivity contribution in [1.29, 1.82) is 0 Å². The lowest BCUT2D eigenvalue weighted by atomic mass is 9.94. The van der Waals surface area contributed by atoms with Crippen LogP contribution in [0.2, 0.25) is 0 Å². The van der Waals surface area contributed by atoms with Gasteiger partial charge in [0.1, 0.15) is 11.6 Å². The quantitative estimate of drug-likeness (QED) is 0.149. The van der Waals surface area contributed by atoms with Crippen molar-refractivity contribution in [3.63, 3.8) is 0 Å². The molecule has 0 aliphatic heterocycles. The zero-order valence-corrected chi connectivity index (χ0v) is 23.4. The second kappa shape index (κ2) is 8.38. The van der Waals surface area contributed by atoms with Crippen LogP contribution in [0.1, 0.15) is 0 Å². The summed E-state index contributed by atoms with van der Waals surface area (Å²) in [6.07, 6.45) is 5.00. The van der Waals surface area contributed by atoms with E-state index >= 15 is 8.78 Å². The van der Waals surface area contributed by atoms with E-state index < -0.39 is 18.5 Å². The Hall–Kier alpha value is -4.78. The highest BCUT2D eigenvalue weighted by Gasteiger charge is 2.29. The van der Waals surface area contributed by atoms with Gasteiger partial charge in [-0.25, -0.2) is 8.78 Å². The fourth-order valence-electron chi connectivity index (χ4n) is 7.27. The van der Waals surface area contributed by atoms with Crippen LogP contribution in [0, 0.1) is 11.6 Å². The second-order valence-electron chi connectivity index (χ2n) is 11.3. The van der Waals surface area contributed by atoms with Crippen LogP contribution in [0.3, 0.4) is 0 Å². The van der Waals surface area contributed by atoms with E-state index in [9.17, 15) is 0 Å². The first-order valence-electron chi connectivity index (χ1n) is 14.0. The van der Waals surface area contributed by atoms with Gasteiger partial charge in [0.2, 0.25) is 0 Å². The third-order valence-electron chi connectivity index (χ3n) is 9.12. The highest BCUT2D eigenvalue weighted by atomic mass is 31.2. The molecule has 198 valence electrons. The molecular formula is C39H23F2P. The molecule has 0 saturated carbocycles. The van der Waals surface area contributed by atoms with Crippen molar-refractivity contribution in [3.05, 3.63) is 139 Å². The maximum absolute atomic E-state index is 15.0. The average Bonchev–Trinajstić information content (AvgIpc) is 3.01. The van der Waals surface area contributed by atoms with Crippen LogP contribution in [-0.2, 0) is 0 Å². The topological polar surface area (TPSA) is 0 Å². The number of benzene rings is 9. The van der Waals surface area contributed by atoms with Crippen molar-refractivity contribution in [2.75, 3.05) is 0 Å². The predicted octanol–water partition coefficient (Wildman–Crippen LogP) is 9.49. The summed E-state index contributed by atoms with van der Waals surface area (Å²) in [5, 5.41) is 16.5. The molecule has 0 atom stereocenters. The van der Waals surface area contributed by atoms with Crippen molar-refractivity contribution < 1.29 is 8.78 Å². The van der Waals surface area contributed by atoms with Gasteiger partial charge in [-0.1, -0.05) is 115 Å². The largest absolute Gasteiger partial charge is 0.207 e. The molecule has 42 heavy (non-hydrogen) atoms. The summed E-state index contributed by atoms with van der Waals surface area (Å²) in [5.41, 5.74) is 0. The lowest BCUT2D eigenvalue weighted by Gasteiger charge is -2.30. The minimum atomic E-state index is -2.83. The molecule has 0 fully saturated rings. The van der Waals surface area contributed by atoms with Crippen LogP contribution in [0.5, 0.6) is 0 Å². The van der Waals surface area contributed by atoms with E-state index in [1.807, 2.05) is 0 Å². The van der Waals surface area contributed by atoms with Crippen molar-refractivity contribution in [3.8, 4) is 0 Å². The van der Waals surface area contributed by atoms with Gasteiger partial charge in [-0.05, 0) is 99.6 Å². The molecule has 9 aromatic rings. The van der Waals surface area contributed by atoms with Gasteiger partial charge in [-0.15, -0.1) is 0 Å². The van der Waals surface area contributed by atoms with Crippen molar-refractivity contribution >= 4 is 93.7 Å². The summed E-state index contributed by atoms with van der Waals surface area (Å²) in [7, 11) is 0. The summed E-state index contributed by atoms with van der Waals surface area (Å²) >= 11 is 0. The number of hydrogen-bond donors (Lipinski definition) is 0. The minimum Gasteiger partial charge on any atom is -0.207 e. The smallest absolute Gasteiger partial charge is 0.126 e. The van der Waals surface area contributed by atoms with Crippen molar-refractivity contribution in [2.24, 2.45) is 0 Å². The molecule has 0 aliphatic rings. The molecule has 0 spiro atoms. The summed E-state index contributed by atoms with van der Waals surface area (Å²) < 4.78 is 30.0. The summed E-state index contributed by atoms with van der Waals surface area (Å²) in [6, 6.07) is 42.6. The second-order valence-corrected chi connectivity index (χ2v) is 14.4. The molecule has 0 bridgehead atoms. The van der Waals surface area contributed by atoms with Crippen LogP contribution in [0.15, 0.2) is 127 Å². The molecule has 3 heteroatoms. The third kappa shape index (κ3) is 3.11. The molecular weight excluding hydrogens is 537 g/mol. The van der Waals surface area contributed by atoms with Gasteiger partial charge in [0.15, 0.2) is 0 Å². The Balaban J connectivity index is 1.48. The normalized spacial score (nSPS) is 12.6. The van der Waals surface area contributed by atoms with Gasteiger partial charge in [-0.3, -0.25) is 0 Å². The SMILES string of the molecule is C=P(c1cc(F)cc(F)c1)(c1ccc2ccc3cccc4ccc1c2c34)c1ccc2ccc3cccc4ccc1c2c34. The van der Waals surface area contributed by atoms with Crippen molar-refractivity contribution in [1.82, 2.24) is 0 Å². The van der Waals surface area contributed by atoms with Gasteiger partial charge in [-0.2, -0.15) is 0 Å². The van der Waals surface area contributed by atoms with E-state index in [1.54, 1.807) is 0 Å². The molecule has 0 radical (unpaired) electrons. The van der Waals surface area contributed by atoms with Crippen LogP contribution in [-0.4, -0.2) is 6.30 Å². The van der Waals surface area contributed by atoms with E-state index in [4.69, 9.17) is 6.30 Å². The van der Waals surface area contributed by atoms with Gasteiger partial charge in [0.05, 0.1) is 0 Å². The predicted molar refractivity (Wildman–Crippen MR) is 180 cm³/mol. The van der Waals surface area contributed by atoms with Gasteiger partial charge in [0, 0.05) is 6.07 Å². The number of rotatable bonds is 3. The maximum atomic E-state index is 15.0. The molecule has 0 amide bonds. The summed E-state index contributed by atoms with van der Waals surface area (Å²) in [5.74, 6) is -1.18. The monoisotopic (exact) mass is 560 g/mol. The molecule has 0 aliphatic carbocycles. The molecule has 9 rings (SSSR count). The van der Waals surface area contributed by atoms with Gasteiger partial charge in [0.25, 0.3) is 0 Å². The van der Waals surface area contributed by atoms with E-state index in [0.29, 0.717) is 5.30 Å². The fourth-order valence-corrected chi connectivity index (χ4v) is 10.6. The molecule has 0 aromatic heterocycles. The Morgan fingerprint density at radius 1 is 0.405 bits per heavy atom. The van der Waals surface area contributed by atoms with Crippen molar-refractivity contribution in [2.45, 2.75) is 0 Å². The van der Waals surface area contributed by atoms with Gasteiger partial charge >= 0.3 is 0 Å². The Morgan fingerprint density at radius 3 is 1.19 bits per heavy atom. The van der Waals surface area contributed by atoms with Crippen LogP contribution < -0.4 is 15.9 Å². The molecule has 0 unspecified atom stereocenters. The zero-order chi connectivity index (χ0) is 28.2. The van der Waals surface area contributed by atoms with E-state index in [2.05, 4.69) is 109 Å². The molecule has 0 saturated heterocycles.